The van der Waals surface area contributed by atoms with Crippen molar-refractivity contribution in [1.29, 1.82) is 0 Å². The summed E-state index contributed by atoms with van der Waals surface area (Å²) >= 11 is 3.45. The van der Waals surface area contributed by atoms with E-state index in [0.29, 0.717) is 6.61 Å². The first-order valence-corrected chi connectivity index (χ1v) is 7.63. The van der Waals surface area contributed by atoms with Gasteiger partial charge in [0.15, 0.2) is 0 Å². The smallest absolute Gasteiger partial charge is 0.138 e. The van der Waals surface area contributed by atoms with E-state index in [2.05, 4.69) is 33.2 Å². The van der Waals surface area contributed by atoms with Gasteiger partial charge in [0.2, 0.25) is 0 Å². The van der Waals surface area contributed by atoms with Crippen LogP contribution in [0, 0.1) is 0 Å². The van der Waals surface area contributed by atoms with Gasteiger partial charge in [-0.1, -0.05) is 22.9 Å². The molecule has 0 fully saturated rings. The van der Waals surface area contributed by atoms with Crippen LogP contribution in [0.3, 0.4) is 0 Å². The van der Waals surface area contributed by atoms with E-state index in [0.717, 1.165) is 40.3 Å². The highest BCUT2D eigenvalue weighted by Crippen LogP contribution is 2.24. The molecule has 0 atom stereocenters. The van der Waals surface area contributed by atoms with Gasteiger partial charge in [0.1, 0.15) is 18.1 Å². The molecule has 0 saturated heterocycles. The average Bonchev–Trinajstić information content (AvgIpc) is 2.52. The number of aromatic nitrogens is 1. The SMILES string of the molecule is CCNCc1ccc(OCc2cc(Br)ccc2OC)cn1. The minimum absolute atomic E-state index is 0.441. The van der Waals surface area contributed by atoms with Crippen LogP contribution in [0.1, 0.15) is 18.2 Å². The van der Waals surface area contributed by atoms with Crippen LogP contribution in [0.25, 0.3) is 0 Å². The van der Waals surface area contributed by atoms with Gasteiger partial charge in [-0.25, -0.2) is 0 Å². The molecule has 0 aliphatic carbocycles. The van der Waals surface area contributed by atoms with Gasteiger partial charge in [-0.3, -0.25) is 4.98 Å². The van der Waals surface area contributed by atoms with E-state index in [1.54, 1.807) is 13.3 Å². The monoisotopic (exact) mass is 350 g/mol. The summed E-state index contributed by atoms with van der Waals surface area (Å²) in [7, 11) is 1.66. The molecular formula is C16H19BrN2O2. The van der Waals surface area contributed by atoms with Crippen LogP contribution in [0.4, 0.5) is 0 Å². The Morgan fingerprint density at radius 3 is 2.76 bits per heavy atom. The molecule has 1 N–H and O–H groups in total. The lowest BCUT2D eigenvalue weighted by Crippen LogP contribution is -2.12. The van der Waals surface area contributed by atoms with Crippen molar-refractivity contribution in [3.8, 4) is 11.5 Å². The Labute approximate surface area is 133 Å². The number of hydrogen-bond acceptors (Lipinski definition) is 4. The summed E-state index contributed by atoms with van der Waals surface area (Å²) in [5.41, 5.74) is 1.99. The summed E-state index contributed by atoms with van der Waals surface area (Å²) in [6, 6.07) is 9.76. The lowest BCUT2D eigenvalue weighted by molar-refractivity contribution is 0.295. The molecule has 1 aromatic heterocycles. The predicted octanol–water partition coefficient (Wildman–Crippen LogP) is 3.54. The number of halogens is 1. The van der Waals surface area contributed by atoms with Crippen molar-refractivity contribution in [3.63, 3.8) is 0 Å². The molecule has 1 heterocycles. The Bertz CT molecular complexity index is 573. The second kappa shape index (κ2) is 8.00. The third-order valence-electron chi connectivity index (χ3n) is 2.99. The number of ether oxygens (including phenoxy) is 2. The number of pyridine rings is 1. The first-order chi connectivity index (χ1) is 10.2. The Morgan fingerprint density at radius 1 is 1.24 bits per heavy atom. The fraction of sp³-hybridized carbons (Fsp3) is 0.312. The van der Waals surface area contributed by atoms with Gasteiger partial charge in [-0.15, -0.1) is 0 Å². The molecule has 2 rings (SSSR count). The Morgan fingerprint density at radius 2 is 2.10 bits per heavy atom. The van der Waals surface area contributed by atoms with Gasteiger partial charge in [0.05, 0.1) is 19.0 Å². The summed E-state index contributed by atoms with van der Waals surface area (Å²) in [4.78, 5) is 4.36. The number of hydrogen-bond donors (Lipinski definition) is 1. The van der Waals surface area contributed by atoms with E-state index in [4.69, 9.17) is 9.47 Å². The van der Waals surface area contributed by atoms with E-state index in [1.165, 1.54) is 0 Å². The predicted molar refractivity (Wildman–Crippen MR) is 86.6 cm³/mol. The van der Waals surface area contributed by atoms with Gasteiger partial charge in [-0.2, -0.15) is 0 Å². The van der Waals surface area contributed by atoms with Gasteiger partial charge in [0, 0.05) is 16.6 Å². The second-order valence-corrected chi connectivity index (χ2v) is 5.43. The van der Waals surface area contributed by atoms with E-state index in [1.807, 2.05) is 30.3 Å². The van der Waals surface area contributed by atoms with Crippen molar-refractivity contribution in [2.24, 2.45) is 0 Å². The van der Waals surface area contributed by atoms with Crippen molar-refractivity contribution in [3.05, 3.63) is 52.3 Å². The summed E-state index contributed by atoms with van der Waals surface area (Å²) in [6.45, 7) is 4.22. The van der Waals surface area contributed by atoms with Gasteiger partial charge < -0.3 is 14.8 Å². The number of nitrogens with one attached hydrogen (secondary N) is 1. The highest BCUT2D eigenvalue weighted by atomic mass is 79.9. The maximum Gasteiger partial charge on any atom is 0.138 e. The van der Waals surface area contributed by atoms with Crippen LogP contribution >= 0.6 is 15.9 Å². The average molecular weight is 351 g/mol. The van der Waals surface area contributed by atoms with Crippen molar-refractivity contribution in [1.82, 2.24) is 10.3 Å². The molecule has 21 heavy (non-hydrogen) atoms. The fourth-order valence-corrected chi connectivity index (χ4v) is 2.28. The van der Waals surface area contributed by atoms with E-state index in [9.17, 15) is 0 Å². The van der Waals surface area contributed by atoms with Crippen LogP contribution in [0.15, 0.2) is 41.0 Å². The van der Waals surface area contributed by atoms with Crippen LogP contribution < -0.4 is 14.8 Å². The van der Waals surface area contributed by atoms with Crippen molar-refractivity contribution in [2.45, 2.75) is 20.1 Å². The molecule has 2 aromatic rings. The minimum atomic E-state index is 0.441. The molecule has 112 valence electrons. The summed E-state index contributed by atoms with van der Waals surface area (Å²) < 4.78 is 12.1. The van der Waals surface area contributed by atoms with Crippen LogP contribution in [0.5, 0.6) is 11.5 Å². The Hall–Kier alpha value is -1.59. The first kappa shape index (κ1) is 15.8. The highest BCUT2D eigenvalue weighted by molar-refractivity contribution is 9.10. The molecule has 0 bridgehead atoms. The van der Waals surface area contributed by atoms with E-state index in [-0.39, 0.29) is 0 Å². The summed E-state index contributed by atoms with van der Waals surface area (Å²) in [5.74, 6) is 1.56. The van der Waals surface area contributed by atoms with Crippen LogP contribution in [0.2, 0.25) is 0 Å². The number of nitrogens with zero attached hydrogens (tertiary/aromatic N) is 1. The zero-order valence-electron chi connectivity index (χ0n) is 12.2. The number of rotatable bonds is 7. The molecule has 4 nitrogen and oxygen atoms in total. The summed E-state index contributed by atoms with van der Waals surface area (Å²) in [5, 5.41) is 3.24. The molecule has 0 unspecified atom stereocenters. The molecule has 0 spiro atoms. The van der Waals surface area contributed by atoms with Crippen molar-refractivity contribution in [2.75, 3.05) is 13.7 Å². The van der Waals surface area contributed by atoms with E-state index < -0.39 is 0 Å². The molecule has 0 aliphatic rings. The Balaban J connectivity index is 1.98. The molecule has 0 aliphatic heterocycles. The zero-order valence-corrected chi connectivity index (χ0v) is 13.8. The third-order valence-corrected chi connectivity index (χ3v) is 3.48. The molecule has 0 radical (unpaired) electrons. The van der Waals surface area contributed by atoms with E-state index >= 15 is 0 Å². The second-order valence-electron chi connectivity index (χ2n) is 4.51. The largest absolute Gasteiger partial charge is 0.496 e. The van der Waals surface area contributed by atoms with Crippen LogP contribution in [-0.2, 0) is 13.2 Å². The maximum atomic E-state index is 5.77. The normalized spacial score (nSPS) is 10.4. The standard InChI is InChI=1S/C16H19BrN2O2/c1-3-18-9-14-5-6-15(10-19-14)21-11-12-8-13(17)4-7-16(12)20-2/h4-8,10,18H,3,9,11H2,1-2H3. The van der Waals surface area contributed by atoms with Crippen molar-refractivity contribution < 1.29 is 9.47 Å². The number of benzene rings is 1. The van der Waals surface area contributed by atoms with Gasteiger partial charge in [-0.05, 0) is 36.9 Å². The molecular weight excluding hydrogens is 332 g/mol. The lowest BCUT2D eigenvalue weighted by Gasteiger charge is -2.11. The summed E-state index contributed by atoms with van der Waals surface area (Å²) in [6.07, 6.45) is 1.75. The van der Waals surface area contributed by atoms with Gasteiger partial charge >= 0.3 is 0 Å². The molecule has 5 heteroatoms. The first-order valence-electron chi connectivity index (χ1n) is 6.83. The molecule has 1 aromatic carbocycles. The van der Waals surface area contributed by atoms with Gasteiger partial charge in [0.25, 0.3) is 0 Å². The third kappa shape index (κ3) is 4.72. The quantitative estimate of drug-likeness (QED) is 0.829. The highest BCUT2D eigenvalue weighted by Gasteiger charge is 2.05. The molecule has 0 amide bonds. The Kier molecular flexibility index (Phi) is 6.02. The minimum Gasteiger partial charge on any atom is -0.496 e. The van der Waals surface area contributed by atoms with Crippen molar-refractivity contribution >= 4 is 15.9 Å². The zero-order chi connectivity index (χ0) is 15.1. The topological polar surface area (TPSA) is 43.4 Å². The lowest BCUT2D eigenvalue weighted by atomic mass is 10.2. The van der Waals surface area contributed by atoms with Crippen LogP contribution in [-0.4, -0.2) is 18.6 Å². The maximum absolute atomic E-state index is 5.77. The molecule has 0 saturated carbocycles. The number of methoxy groups -OCH3 is 1. The fourth-order valence-electron chi connectivity index (χ4n) is 1.87.